The van der Waals surface area contributed by atoms with E-state index in [1.54, 1.807) is 6.07 Å². The fraction of sp³-hybridized carbons (Fsp3) is 0.500. The number of nitrogens with two attached hydrogens (primary N) is 1. The number of benzene rings is 1. The van der Waals surface area contributed by atoms with Crippen molar-refractivity contribution < 1.29 is 13.2 Å². The second kappa shape index (κ2) is 5.91. The maximum absolute atomic E-state index is 12.7. The molecule has 1 unspecified atom stereocenters. The molecule has 1 aromatic rings. The van der Waals surface area contributed by atoms with Crippen LogP contribution in [0.2, 0.25) is 0 Å². The molecule has 0 fully saturated rings. The molecule has 1 rings (SSSR count). The van der Waals surface area contributed by atoms with Crippen LogP contribution in [0.15, 0.2) is 24.3 Å². The van der Waals surface area contributed by atoms with E-state index in [0.29, 0.717) is 13.1 Å². The molecule has 0 radical (unpaired) electrons. The van der Waals surface area contributed by atoms with Gasteiger partial charge in [0, 0.05) is 12.2 Å². The van der Waals surface area contributed by atoms with Crippen molar-refractivity contribution in [2.24, 2.45) is 11.7 Å². The fourth-order valence-corrected chi connectivity index (χ4v) is 1.56. The molecule has 0 amide bonds. The molecule has 2 nitrogen and oxygen atoms in total. The first kappa shape index (κ1) is 13.8. The van der Waals surface area contributed by atoms with Gasteiger partial charge in [0.1, 0.15) is 0 Å². The quantitative estimate of drug-likeness (QED) is 0.837. The lowest BCUT2D eigenvalue weighted by atomic mass is 10.1. The Kier molecular flexibility index (Phi) is 4.81. The summed E-state index contributed by atoms with van der Waals surface area (Å²) in [5.74, 6) is 0.251. The van der Waals surface area contributed by atoms with Crippen molar-refractivity contribution in [3.05, 3.63) is 29.8 Å². The first-order valence-electron chi connectivity index (χ1n) is 5.55. The Balaban J connectivity index is 2.71. The Hall–Kier alpha value is -1.23. The van der Waals surface area contributed by atoms with E-state index in [1.807, 2.05) is 6.92 Å². The molecule has 0 aliphatic rings. The smallest absolute Gasteiger partial charge is 0.384 e. The van der Waals surface area contributed by atoms with E-state index >= 15 is 0 Å². The summed E-state index contributed by atoms with van der Waals surface area (Å²) >= 11 is 0. The van der Waals surface area contributed by atoms with Crippen molar-refractivity contribution in [3.63, 3.8) is 0 Å². The van der Waals surface area contributed by atoms with E-state index in [2.05, 4.69) is 5.32 Å². The van der Waals surface area contributed by atoms with Crippen molar-refractivity contribution in [1.82, 2.24) is 0 Å². The van der Waals surface area contributed by atoms with Gasteiger partial charge in [-0.2, -0.15) is 13.2 Å². The largest absolute Gasteiger partial charge is 0.418 e. The molecule has 1 aromatic carbocycles. The summed E-state index contributed by atoms with van der Waals surface area (Å²) in [6.45, 7) is 2.99. The highest BCUT2D eigenvalue weighted by atomic mass is 19.4. The molecule has 17 heavy (non-hydrogen) atoms. The van der Waals surface area contributed by atoms with Gasteiger partial charge in [0.2, 0.25) is 0 Å². The minimum Gasteiger partial charge on any atom is -0.384 e. The number of hydrogen-bond donors (Lipinski definition) is 2. The van der Waals surface area contributed by atoms with Crippen LogP contribution in [0.25, 0.3) is 0 Å². The average molecular weight is 246 g/mol. The molecule has 0 aromatic heterocycles. The predicted molar refractivity (Wildman–Crippen MR) is 62.8 cm³/mol. The number of rotatable bonds is 5. The molecule has 0 saturated heterocycles. The molecule has 0 bridgehead atoms. The van der Waals surface area contributed by atoms with Crippen molar-refractivity contribution in [2.75, 3.05) is 18.4 Å². The van der Waals surface area contributed by atoms with Crippen molar-refractivity contribution in [2.45, 2.75) is 19.5 Å². The standard InChI is InChI=1S/C12H17F3N2/c1-9(6-7-16)8-17-11-5-3-2-4-10(11)12(13,14)15/h2-5,9,17H,6-8,16H2,1H3. The van der Waals surface area contributed by atoms with E-state index in [-0.39, 0.29) is 11.6 Å². The Morgan fingerprint density at radius 1 is 1.29 bits per heavy atom. The maximum Gasteiger partial charge on any atom is 0.418 e. The highest BCUT2D eigenvalue weighted by Crippen LogP contribution is 2.34. The molecule has 0 aliphatic heterocycles. The number of para-hydroxylation sites is 1. The molecule has 3 N–H and O–H groups in total. The number of hydrogen-bond acceptors (Lipinski definition) is 2. The Morgan fingerprint density at radius 2 is 1.94 bits per heavy atom. The van der Waals surface area contributed by atoms with Gasteiger partial charge in [-0.1, -0.05) is 19.1 Å². The van der Waals surface area contributed by atoms with Gasteiger partial charge < -0.3 is 11.1 Å². The lowest BCUT2D eigenvalue weighted by molar-refractivity contribution is -0.136. The van der Waals surface area contributed by atoms with Gasteiger partial charge in [-0.05, 0) is 31.0 Å². The summed E-state index contributed by atoms with van der Waals surface area (Å²) in [7, 11) is 0. The summed E-state index contributed by atoms with van der Waals surface area (Å²) in [6.07, 6.45) is -3.53. The molecule has 0 heterocycles. The normalized spacial score (nSPS) is 13.5. The number of halogens is 3. The van der Waals surface area contributed by atoms with Gasteiger partial charge in [-0.3, -0.25) is 0 Å². The van der Waals surface area contributed by atoms with Crippen LogP contribution < -0.4 is 11.1 Å². The third kappa shape index (κ3) is 4.26. The predicted octanol–water partition coefficient (Wildman–Crippen LogP) is 3.10. The first-order valence-corrected chi connectivity index (χ1v) is 5.55. The van der Waals surface area contributed by atoms with Crippen LogP contribution >= 0.6 is 0 Å². The minimum absolute atomic E-state index is 0.129. The average Bonchev–Trinajstić information content (AvgIpc) is 2.26. The fourth-order valence-electron chi connectivity index (χ4n) is 1.56. The summed E-state index contributed by atoms with van der Waals surface area (Å²) in [4.78, 5) is 0. The SMILES string of the molecule is CC(CCN)CNc1ccccc1C(F)(F)F. The van der Waals surface area contributed by atoms with Gasteiger partial charge in [-0.25, -0.2) is 0 Å². The number of alkyl halides is 3. The van der Waals surface area contributed by atoms with Gasteiger partial charge >= 0.3 is 6.18 Å². The molecule has 0 aliphatic carbocycles. The number of anilines is 1. The van der Waals surface area contributed by atoms with Crippen LogP contribution in [0.1, 0.15) is 18.9 Å². The molecule has 5 heteroatoms. The van der Waals surface area contributed by atoms with Gasteiger partial charge in [-0.15, -0.1) is 0 Å². The second-order valence-corrected chi connectivity index (χ2v) is 4.11. The molecular weight excluding hydrogens is 229 g/mol. The van der Waals surface area contributed by atoms with Crippen molar-refractivity contribution in [1.29, 1.82) is 0 Å². The second-order valence-electron chi connectivity index (χ2n) is 4.11. The zero-order valence-corrected chi connectivity index (χ0v) is 9.72. The monoisotopic (exact) mass is 246 g/mol. The lowest BCUT2D eigenvalue weighted by Crippen LogP contribution is -2.17. The summed E-state index contributed by atoms with van der Waals surface area (Å²) in [6, 6.07) is 5.50. The Morgan fingerprint density at radius 3 is 2.53 bits per heavy atom. The Bertz CT molecular complexity index is 350. The molecule has 0 saturated carbocycles. The zero-order chi connectivity index (χ0) is 12.9. The maximum atomic E-state index is 12.7. The molecule has 0 spiro atoms. The summed E-state index contributed by atoms with van der Waals surface area (Å²) in [5, 5.41) is 2.83. The number of nitrogens with one attached hydrogen (secondary N) is 1. The topological polar surface area (TPSA) is 38.0 Å². The van der Waals surface area contributed by atoms with E-state index in [9.17, 15) is 13.2 Å². The Labute approximate surface area is 99.0 Å². The highest BCUT2D eigenvalue weighted by Gasteiger charge is 2.33. The van der Waals surface area contributed by atoms with E-state index in [0.717, 1.165) is 12.5 Å². The van der Waals surface area contributed by atoms with E-state index < -0.39 is 11.7 Å². The highest BCUT2D eigenvalue weighted by molar-refractivity contribution is 5.52. The lowest BCUT2D eigenvalue weighted by Gasteiger charge is -2.17. The third-order valence-electron chi connectivity index (χ3n) is 2.53. The van der Waals surface area contributed by atoms with Crippen LogP contribution in [0.5, 0.6) is 0 Å². The van der Waals surface area contributed by atoms with Crippen LogP contribution in [-0.4, -0.2) is 13.1 Å². The third-order valence-corrected chi connectivity index (χ3v) is 2.53. The van der Waals surface area contributed by atoms with Crippen molar-refractivity contribution in [3.8, 4) is 0 Å². The minimum atomic E-state index is -4.32. The molecule has 96 valence electrons. The van der Waals surface area contributed by atoms with Crippen LogP contribution in [0.3, 0.4) is 0 Å². The van der Waals surface area contributed by atoms with E-state index in [1.165, 1.54) is 12.1 Å². The van der Waals surface area contributed by atoms with Crippen LogP contribution in [0.4, 0.5) is 18.9 Å². The van der Waals surface area contributed by atoms with Crippen molar-refractivity contribution >= 4 is 5.69 Å². The summed E-state index contributed by atoms with van der Waals surface area (Å²) < 4.78 is 38.0. The zero-order valence-electron chi connectivity index (χ0n) is 9.72. The molecule has 1 atom stereocenters. The van der Waals surface area contributed by atoms with Gasteiger partial charge in [0.05, 0.1) is 5.56 Å². The van der Waals surface area contributed by atoms with Crippen LogP contribution in [0, 0.1) is 5.92 Å². The summed E-state index contributed by atoms with van der Waals surface area (Å²) in [5.41, 5.74) is 4.89. The molecular formula is C12H17F3N2. The van der Waals surface area contributed by atoms with Crippen LogP contribution in [-0.2, 0) is 6.18 Å². The first-order chi connectivity index (χ1) is 7.95. The van der Waals surface area contributed by atoms with E-state index in [4.69, 9.17) is 5.73 Å². The van der Waals surface area contributed by atoms with Gasteiger partial charge in [0.25, 0.3) is 0 Å². The van der Waals surface area contributed by atoms with Gasteiger partial charge in [0.15, 0.2) is 0 Å².